The molecule has 3 atom stereocenters. The number of aromatic nitrogens is 1. The van der Waals surface area contributed by atoms with Gasteiger partial charge in [0.25, 0.3) is 0 Å². The van der Waals surface area contributed by atoms with Crippen molar-refractivity contribution in [3.63, 3.8) is 0 Å². The summed E-state index contributed by atoms with van der Waals surface area (Å²) in [7, 11) is 0. The van der Waals surface area contributed by atoms with E-state index < -0.39 is 18.1 Å². The number of amidine groups is 1. The largest absolute Gasteiger partial charge is 0.466 e. The number of hydrogen-bond donors (Lipinski definition) is 3. The number of amides is 2. The lowest BCUT2D eigenvalue weighted by molar-refractivity contribution is -0.148. The summed E-state index contributed by atoms with van der Waals surface area (Å²) < 4.78 is 7.18. The van der Waals surface area contributed by atoms with Crippen molar-refractivity contribution in [3.8, 4) is 0 Å². The van der Waals surface area contributed by atoms with Crippen LogP contribution >= 0.6 is 0 Å². The van der Waals surface area contributed by atoms with Crippen molar-refractivity contribution >= 4 is 34.5 Å². The first-order valence-corrected chi connectivity index (χ1v) is 13.7. The fourth-order valence-corrected chi connectivity index (χ4v) is 5.98. The highest BCUT2D eigenvalue weighted by Crippen LogP contribution is 2.29. The zero-order valence-electron chi connectivity index (χ0n) is 22.4. The van der Waals surface area contributed by atoms with Crippen molar-refractivity contribution in [2.24, 2.45) is 11.5 Å². The number of nitrogens with two attached hydrogens (primary N) is 2. The Hall–Kier alpha value is -3.40. The molecule has 2 fully saturated rings. The van der Waals surface area contributed by atoms with Crippen LogP contribution in [0, 0.1) is 5.41 Å². The van der Waals surface area contributed by atoms with Gasteiger partial charge in [0, 0.05) is 42.5 Å². The molecule has 5 N–H and O–H groups in total. The number of nitrogens with zero attached hydrogens (tertiary/aromatic N) is 3. The Bertz CT molecular complexity index is 1210. The lowest BCUT2D eigenvalue weighted by atomic mass is 10.1. The number of rotatable bonds is 10. The van der Waals surface area contributed by atoms with E-state index in [0.717, 1.165) is 49.6 Å². The molecule has 0 unspecified atom stereocenters. The maximum absolute atomic E-state index is 13.7. The summed E-state index contributed by atoms with van der Waals surface area (Å²) in [5, 5.41) is 8.88. The fraction of sp³-hybridized carbons (Fsp3) is 0.571. The van der Waals surface area contributed by atoms with Gasteiger partial charge in [0.15, 0.2) is 0 Å². The van der Waals surface area contributed by atoms with Gasteiger partial charge in [-0.1, -0.05) is 12.1 Å². The molecule has 1 aromatic heterocycles. The highest BCUT2D eigenvalue weighted by atomic mass is 16.5. The Morgan fingerprint density at radius 3 is 2.55 bits per heavy atom. The van der Waals surface area contributed by atoms with Gasteiger partial charge in [-0.05, 0) is 69.9 Å². The van der Waals surface area contributed by atoms with Crippen LogP contribution in [0.1, 0.15) is 63.6 Å². The molecule has 0 saturated carbocycles. The van der Waals surface area contributed by atoms with E-state index in [0.29, 0.717) is 25.1 Å². The molecule has 2 aromatic rings. The van der Waals surface area contributed by atoms with E-state index >= 15 is 0 Å². The Kier molecular flexibility index (Phi) is 8.71. The standard InChI is InChI=1S/C28H40N6O4/c1-3-32-21(15-18-9-10-19(26(30)31)16-24(18)32)12-11-20-7-5-13-33(20)28(37)23-8-6-14-34(23)27(36)22(29)17-25(35)38-4-2/h9-10,15-16,20,22-23H,3-8,11-14,17,29H2,1-2H3,(H3,30,31)/t20-,22-,23+/m0/s1. The van der Waals surface area contributed by atoms with Gasteiger partial charge in [-0.2, -0.15) is 0 Å². The van der Waals surface area contributed by atoms with Crippen molar-refractivity contribution in [2.45, 2.75) is 83.5 Å². The Labute approximate surface area is 223 Å². The molecule has 0 aliphatic carbocycles. The topological polar surface area (TPSA) is 148 Å². The first-order valence-electron chi connectivity index (χ1n) is 13.7. The van der Waals surface area contributed by atoms with Crippen LogP contribution in [0.2, 0.25) is 0 Å². The van der Waals surface area contributed by atoms with E-state index in [1.807, 2.05) is 23.1 Å². The lowest BCUT2D eigenvalue weighted by Gasteiger charge is -2.32. The van der Waals surface area contributed by atoms with Crippen molar-refractivity contribution in [1.29, 1.82) is 5.41 Å². The Morgan fingerprint density at radius 1 is 1.11 bits per heavy atom. The number of fused-ring (bicyclic) bond motifs is 1. The smallest absolute Gasteiger partial charge is 0.307 e. The second-order valence-electron chi connectivity index (χ2n) is 10.2. The van der Waals surface area contributed by atoms with Gasteiger partial charge >= 0.3 is 5.97 Å². The van der Waals surface area contributed by atoms with Crippen LogP contribution in [0.3, 0.4) is 0 Å². The number of carbonyl (C=O) groups excluding carboxylic acids is 3. The number of likely N-dealkylation sites (tertiary alicyclic amines) is 2. The number of ether oxygens (including phenoxy) is 1. The zero-order chi connectivity index (χ0) is 27.4. The quantitative estimate of drug-likeness (QED) is 0.246. The summed E-state index contributed by atoms with van der Waals surface area (Å²) in [4.78, 5) is 42.0. The summed E-state index contributed by atoms with van der Waals surface area (Å²) in [6.07, 6.45) is 4.71. The minimum absolute atomic E-state index is 0.0104. The summed E-state index contributed by atoms with van der Waals surface area (Å²) in [5.41, 5.74) is 14.7. The first kappa shape index (κ1) is 27.6. The van der Waals surface area contributed by atoms with Crippen LogP contribution in [0.5, 0.6) is 0 Å². The SMILES string of the molecule is CCOC(=O)C[C@H](N)C(=O)N1CCC[C@@H]1C(=O)N1CCC[C@H]1CCc1cc2ccc(C(=N)N)cc2n1CC. The number of nitrogens with one attached hydrogen (secondary N) is 1. The summed E-state index contributed by atoms with van der Waals surface area (Å²) in [5.74, 6) is -0.818. The third-order valence-electron chi connectivity index (χ3n) is 7.84. The highest BCUT2D eigenvalue weighted by Gasteiger charge is 2.41. The third kappa shape index (κ3) is 5.70. The van der Waals surface area contributed by atoms with Crippen molar-refractivity contribution < 1.29 is 19.1 Å². The summed E-state index contributed by atoms with van der Waals surface area (Å²) >= 11 is 0. The van der Waals surface area contributed by atoms with Gasteiger partial charge in [0.2, 0.25) is 11.8 Å². The summed E-state index contributed by atoms with van der Waals surface area (Å²) in [6, 6.07) is 6.62. The maximum Gasteiger partial charge on any atom is 0.307 e. The molecule has 4 rings (SSSR count). The van der Waals surface area contributed by atoms with Gasteiger partial charge in [0.05, 0.1) is 19.1 Å². The molecule has 0 radical (unpaired) electrons. The normalized spacial score (nSPS) is 20.2. The van der Waals surface area contributed by atoms with Crippen LogP contribution in [-0.4, -0.2) is 75.8 Å². The molecule has 2 amide bonds. The van der Waals surface area contributed by atoms with E-state index in [-0.39, 0.29) is 36.7 Å². The highest BCUT2D eigenvalue weighted by molar-refractivity contribution is 5.98. The van der Waals surface area contributed by atoms with E-state index in [1.54, 1.807) is 11.8 Å². The molecular formula is C28H40N6O4. The van der Waals surface area contributed by atoms with Gasteiger partial charge in [-0.3, -0.25) is 19.8 Å². The van der Waals surface area contributed by atoms with Gasteiger partial charge < -0.3 is 30.6 Å². The molecule has 0 bridgehead atoms. The second kappa shape index (κ2) is 12.0. The monoisotopic (exact) mass is 524 g/mol. The van der Waals surface area contributed by atoms with Gasteiger partial charge in [-0.25, -0.2) is 0 Å². The third-order valence-corrected chi connectivity index (χ3v) is 7.84. The van der Waals surface area contributed by atoms with Crippen molar-refractivity contribution in [1.82, 2.24) is 14.4 Å². The number of benzene rings is 1. The minimum atomic E-state index is -1.00. The van der Waals surface area contributed by atoms with Crippen molar-refractivity contribution in [2.75, 3.05) is 19.7 Å². The average Bonchev–Trinajstić information content (AvgIpc) is 3.64. The molecule has 0 spiro atoms. The molecule has 2 saturated heterocycles. The van der Waals surface area contributed by atoms with Crippen LogP contribution in [0.25, 0.3) is 10.9 Å². The summed E-state index contributed by atoms with van der Waals surface area (Å²) in [6.45, 7) is 6.02. The molecule has 38 heavy (non-hydrogen) atoms. The molecule has 206 valence electrons. The molecule has 3 heterocycles. The predicted molar refractivity (Wildman–Crippen MR) is 146 cm³/mol. The number of esters is 1. The zero-order valence-corrected chi connectivity index (χ0v) is 22.4. The fourth-order valence-electron chi connectivity index (χ4n) is 5.98. The van der Waals surface area contributed by atoms with Crippen LogP contribution in [-0.2, 0) is 32.1 Å². The molecule has 2 aliphatic rings. The first-order chi connectivity index (χ1) is 18.2. The van der Waals surface area contributed by atoms with Crippen molar-refractivity contribution in [3.05, 3.63) is 35.5 Å². The number of carbonyl (C=O) groups is 3. The molecule has 10 heteroatoms. The van der Waals surface area contributed by atoms with Gasteiger partial charge in [-0.15, -0.1) is 0 Å². The second-order valence-corrected chi connectivity index (χ2v) is 10.2. The van der Waals surface area contributed by atoms with Crippen LogP contribution in [0.4, 0.5) is 0 Å². The predicted octanol–water partition coefficient (Wildman–Crippen LogP) is 2.14. The van der Waals surface area contributed by atoms with E-state index in [1.165, 1.54) is 5.69 Å². The van der Waals surface area contributed by atoms with Crippen LogP contribution in [0.15, 0.2) is 24.3 Å². The molecular weight excluding hydrogens is 484 g/mol. The molecule has 2 aliphatic heterocycles. The van der Waals surface area contributed by atoms with Crippen LogP contribution < -0.4 is 11.5 Å². The molecule has 1 aromatic carbocycles. The maximum atomic E-state index is 13.7. The average molecular weight is 525 g/mol. The van der Waals surface area contributed by atoms with E-state index in [2.05, 4.69) is 17.6 Å². The van der Waals surface area contributed by atoms with E-state index in [9.17, 15) is 14.4 Å². The number of aryl methyl sites for hydroxylation is 2. The number of nitrogen functional groups attached to an aromatic ring is 1. The minimum Gasteiger partial charge on any atom is -0.466 e. The number of hydrogen-bond acceptors (Lipinski definition) is 6. The van der Waals surface area contributed by atoms with Gasteiger partial charge in [0.1, 0.15) is 11.9 Å². The Morgan fingerprint density at radius 2 is 1.84 bits per heavy atom. The lowest BCUT2D eigenvalue weighted by Crippen LogP contribution is -2.53. The Balaban J connectivity index is 1.43. The van der Waals surface area contributed by atoms with E-state index in [4.69, 9.17) is 21.6 Å². The molecule has 10 nitrogen and oxygen atoms in total.